The van der Waals surface area contributed by atoms with Crippen LogP contribution in [0, 0.1) is 17.6 Å². The number of aromatic nitrogens is 3. The quantitative estimate of drug-likeness (QED) is 0.459. The normalized spacial score (nSPS) is 17.7. The van der Waals surface area contributed by atoms with Crippen molar-refractivity contribution in [1.82, 2.24) is 19.7 Å². The molecule has 1 aromatic heterocycles. The van der Waals surface area contributed by atoms with Gasteiger partial charge in [-0.25, -0.2) is 27.2 Å². The average Bonchev–Trinajstić information content (AvgIpc) is 3.14. The van der Waals surface area contributed by atoms with Crippen LogP contribution in [0.2, 0.25) is 10.0 Å². The highest BCUT2D eigenvalue weighted by molar-refractivity contribution is 6.45. The van der Waals surface area contributed by atoms with Gasteiger partial charge in [0.1, 0.15) is 17.7 Å². The van der Waals surface area contributed by atoms with E-state index in [9.17, 15) is 22.4 Å². The molecule has 2 aromatic carbocycles. The third-order valence-corrected chi connectivity index (χ3v) is 6.61. The number of fused-ring (bicyclic) bond motifs is 3. The van der Waals surface area contributed by atoms with E-state index in [4.69, 9.17) is 23.2 Å². The van der Waals surface area contributed by atoms with Crippen LogP contribution < -0.4 is 0 Å². The summed E-state index contributed by atoms with van der Waals surface area (Å²) in [5, 5.41) is 4.40. The fraction of sp³-hybridized carbons (Fsp3) is 0.273. The lowest BCUT2D eigenvalue weighted by atomic mass is 9.99. The molecule has 2 aliphatic heterocycles. The molecule has 176 valence electrons. The van der Waals surface area contributed by atoms with Gasteiger partial charge < -0.3 is 4.90 Å². The van der Waals surface area contributed by atoms with Crippen LogP contribution in [0.4, 0.5) is 17.6 Å². The molecule has 3 aromatic rings. The van der Waals surface area contributed by atoms with Crippen molar-refractivity contribution in [3.05, 3.63) is 74.8 Å². The van der Waals surface area contributed by atoms with Crippen LogP contribution in [0.3, 0.4) is 0 Å². The van der Waals surface area contributed by atoms with Crippen LogP contribution in [0.15, 0.2) is 35.3 Å². The molecule has 1 fully saturated rings. The maximum atomic E-state index is 14.7. The van der Waals surface area contributed by atoms with Crippen molar-refractivity contribution in [3.63, 3.8) is 0 Å². The second-order valence-electron chi connectivity index (χ2n) is 8.02. The number of hydrogen-bond donors (Lipinski definition) is 0. The van der Waals surface area contributed by atoms with Crippen LogP contribution in [-0.4, -0.2) is 50.8 Å². The number of aliphatic imine (C=N–C) groups is 1. The molecule has 0 bridgehead atoms. The molecule has 12 heteroatoms. The van der Waals surface area contributed by atoms with Gasteiger partial charge in [-0.1, -0.05) is 29.3 Å². The number of halogens is 6. The predicted octanol–water partition coefficient (Wildman–Crippen LogP) is 5.10. The molecule has 1 amide bonds. The van der Waals surface area contributed by atoms with E-state index in [2.05, 4.69) is 15.1 Å². The summed E-state index contributed by atoms with van der Waals surface area (Å²) in [4.78, 5) is 22.8. The molecular formula is C22H15Cl2F4N5O. The van der Waals surface area contributed by atoms with Crippen LogP contribution in [0.1, 0.15) is 40.5 Å². The number of rotatable bonds is 3. The van der Waals surface area contributed by atoms with Gasteiger partial charge in [-0.3, -0.25) is 9.79 Å². The fourth-order valence-corrected chi connectivity index (χ4v) is 4.42. The largest absolute Gasteiger partial charge is 0.335 e. The van der Waals surface area contributed by atoms with E-state index in [1.807, 2.05) is 0 Å². The van der Waals surface area contributed by atoms with Gasteiger partial charge in [0, 0.05) is 18.7 Å². The number of hydrogen-bond acceptors (Lipinski definition) is 4. The molecule has 0 unspecified atom stereocenters. The van der Waals surface area contributed by atoms with Gasteiger partial charge in [-0.15, -0.1) is 5.10 Å². The average molecular weight is 512 g/mol. The van der Waals surface area contributed by atoms with Gasteiger partial charge in [0.2, 0.25) is 12.2 Å². The summed E-state index contributed by atoms with van der Waals surface area (Å²) in [6, 6.07) is 5.64. The van der Waals surface area contributed by atoms with Crippen molar-refractivity contribution < 1.29 is 22.4 Å². The Morgan fingerprint density at radius 3 is 2.41 bits per heavy atom. The van der Waals surface area contributed by atoms with Gasteiger partial charge in [-0.05, 0) is 31.2 Å². The lowest BCUT2D eigenvalue weighted by molar-refractivity contribution is -0.0157. The summed E-state index contributed by atoms with van der Waals surface area (Å²) in [6.07, 6.45) is -2.51. The zero-order valence-corrected chi connectivity index (χ0v) is 19.0. The molecule has 0 aliphatic carbocycles. The van der Waals surface area contributed by atoms with E-state index >= 15 is 0 Å². The van der Waals surface area contributed by atoms with Crippen LogP contribution in [-0.2, 0) is 0 Å². The van der Waals surface area contributed by atoms with Gasteiger partial charge in [-0.2, -0.15) is 0 Å². The number of carbonyl (C=O) groups excluding carboxylic acids is 1. The molecule has 0 radical (unpaired) electrons. The summed E-state index contributed by atoms with van der Waals surface area (Å²) in [6.45, 7) is 1.43. The van der Waals surface area contributed by atoms with Crippen molar-refractivity contribution in [2.45, 2.75) is 19.4 Å². The molecule has 6 nitrogen and oxygen atoms in total. The van der Waals surface area contributed by atoms with Crippen LogP contribution >= 0.6 is 23.2 Å². The highest BCUT2D eigenvalue weighted by atomic mass is 35.5. The number of likely N-dealkylation sites (tertiary alicyclic amines) is 1. The Morgan fingerprint density at radius 2 is 1.76 bits per heavy atom. The third-order valence-electron chi connectivity index (χ3n) is 5.81. The Morgan fingerprint density at radius 1 is 1.09 bits per heavy atom. The summed E-state index contributed by atoms with van der Waals surface area (Å²) in [5.74, 6) is -3.17. The van der Waals surface area contributed by atoms with Crippen molar-refractivity contribution in [2.24, 2.45) is 10.9 Å². The first-order valence-corrected chi connectivity index (χ1v) is 11.0. The molecule has 0 spiro atoms. The van der Waals surface area contributed by atoms with Crippen molar-refractivity contribution in [2.75, 3.05) is 13.1 Å². The highest BCUT2D eigenvalue weighted by Crippen LogP contribution is 2.38. The zero-order chi connectivity index (χ0) is 24.3. The Kier molecular flexibility index (Phi) is 5.60. The van der Waals surface area contributed by atoms with Crippen molar-refractivity contribution >= 4 is 34.8 Å². The van der Waals surface area contributed by atoms with Gasteiger partial charge >= 0.3 is 0 Å². The van der Waals surface area contributed by atoms with Gasteiger partial charge in [0.15, 0.2) is 5.82 Å². The third kappa shape index (κ3) is 3.56. The summed E-state index contributed by atoms with van der Waals surface area (Å²) >= 11 is 12.7. The molecule has 0 saturated carbocycles. The Labute approximate surface area is 200 Å². The van der Waals surface area contributed by atoms with E-state index < -0.39 is 35.9 Å². The molecular weight excluding hydrogens is 497 g/mol. The molecule has 3 heterocycles. The number of carbonyl (C=O) groups is 1. The first-order chi connectivity index (χ1) is 16.2. The van der Waals surface area contributed by atoms with E-state index in [1.165, 1.54) is 27.8 Å². The SMILES string of the molecule is C[C@@H]1N=C(c2c(F)cccc2F)c2c(ccc(Cl)c2Cl)-n2nc(C(=O)N3CC(C(F)F)C3)nc21. The first-order valence-electron chi connectivity index (χ1n) is 10.2. The Hall–Kier alpha value is -2.98. The minimum atomic E-state index is -2.51. The highest BCUT2D eigenvalue weighted by Gasteiger charge is 2.39. The maximum Gasteiger partial charge on any atom is 0.293 e. The second-order valence-corrected chi connectivity index (χ2v) is 8.80. The van der Waals surface area contributed by atoms with E-state index in [-0.39, 0.29) is 57.3 Å². The first kappa shape index (κ1) is 22.8. The molecule has 5 rings (SSSR count). The van der Waals surface area contributed by atoms with Gasteiger partial charge in [0.05, 0.1) is 32.9 Å². The molecule has 1 atom stereocenters. The standard InChI is InChI=1S/C22H15Cl2F4N5O/c1-9-21-30-20(22(34)32-7-10(8-32)19(27)28)31-33(21)14-6-5-11(23)17(24)16(14)18(29-9)15-12(25)3-2-4-13(15)26/h2-6,9-10,19H,7-8H2,1H3/t9-/m0/s1. The monoisotopic (exact) mass is 511 g/mol. The number of alkyl halides is 2. The summed E-state index contributed by atoms with van der Waals surface area (Å²) in [7, 11) is 0. The molecule has 2 aliphatic rings. The van der Waals surface area contributed by atoms with E-state index in [0.29, 0.717) is 0 Å². The number of benzene rings is 2. The van der Waals surface area contributed by atoms with Crippen molar-refractivity contribution in [1.29, 1.82) is 0 Å². The summed E-state index contributed by atoms with van der Waals surface area (Å²) in [5.41, 5.74) is -0.0844. The minimum Gasteiger partial charge on any atom is -0.335 e. The maximum absolute atomic E-state index is 14.7. The molecule has 34 heavy (non-hydrogen) atoms. The number of amides is 1. The summed E-state index contributed by atoms with van der Waals surface area (Å²) < 4.78 is 56.4. The number of nitrogens with zero attached hydrogens (tertiary/aromatic N) is 5. The Bertz CT molecular complexity index is 1330. The lowest BCUT2D eigenvalue weighted by Gasteiger charge is -2.37. The lowest BCUT2D eigenvalue weighted by Crippen LogP contribution is -2.52. The van der Waals surface area contributed by atoms with E-state index in [0.717, 1.165) is 12.1 Å². The molecule has 0 N–H and O–H groups in total. The fourth-order valence-electron chi connectivity index (χ4n) is 4.01. The minimum absolute atomic E-state index is 0.00786. The van der Waals surface area contributed by atoms with Crippen LogP contribution in [0.25, 0.3) is 5.69 Å². The van der Waals surface area contributed by atoms with Crippen LogP contribution in [0.5, 0.6) is 0 Å². The zero-order valence-electron chi connectivity index (χ0n) is 17.4. The molecule has 1 saturated heterocycles. The van der Waals surface area contributed by atoms with Crippen molar-refractivity contribution in [3.8, 4) is 5.69 Å². The second kappa shape index (κ2) is 8.35. The smallest absolute Gasteiger partial charge is 0.293 e. The van der Waals surface area contributed by atoms with Gasteiger partial charge in [0.25, 0.3) is 5.91 Å². The van der Waals surface area contributed by atoms with E-state index in [1.54, 1.807) is 6.92 Å². The Balaban J connectivity index is 1.65. The topological polar surface area (TPSA) is 63.4 Å². The predicted molar refractivity (Wildman–Crippen MR) is 117 cm³/mol.